The number of hydrogen-bond acceptors (Lipinski definition) is 4. The molecule has 6 nitrogen and oxygen atoms in total. The fourth-order valence-electron chi connectivity index (χ4n) is 2.58. The van der Waals surface area contributed by atoms with Crippen molar-refractivity contribution in [1.82, 2.24) is 20.4 Å². The van der Waals surface area contributed by atoms with Crippen LogP contribution in [0.15, 0.2) is 9.52 Å². The van der Waals surface area contributed by atoms with Gasteiger partial charge in [-0.25, -0.2) is 0 Å². The molecule has 1 fully saturated rings. The molecule has 1 aliphatic heterocycles. The zero-order valence-corrected chi connectivity index (χ0v) is 14.5. The molecule has 1 aliphatic rings. The van der Waals surface area contributed by atoms with Gasteiger partial charge < -0.3 is 14.7 Å². The van der Waals surface area contributed by atoms with Crippen LogP contribution < -0.4 is 5.32 Å². The largest absolute Gasteiger partial charge is 0.357 e. The van der Waals surface area contributed by atoms with Gasteiger partial charge in [0.15, 0.2) is 11.8 Å². The maximum Gasteiger partial charge on any atom is 0.228 e. The van der Waals surface area contributed by atoms with Crippen molar-refractivity contribution < 1.29 is 4.52 Å². The Bertz CT molecular complexity index is 506. The number of rotatable bonds is 5. The zero-order chi connectivity index (χ0) is 16.2. The van der Waals surface area contributed by atoms with Gasteiger partial charge >= 0.3 is 0 Å². The van der Waals surface area contributed by atoms with E-state index in [1.54, 1.807) is 0 Å². The topological polar surface area (TPSA) is 66.5 Å². The SMILES string of the molecule is CCNC(=NCCc1nc(C(C)C)no1)N1CCC(C)(C)C1. The van der Waals surface area contributed by atoms with Crippen LogP contribution in [0.2, 0.25) is 0 Å². The molecule has 1 N–H and O–H groups in total. The highest BCUT2D eigenvalue weighted by Gasteiger charge is 2.30. The molecule has 0 saturated carbocycles. The third kappa shape index (κ3) is 4.45. The Balaban J connectivity index is 1.92. The summed E-state index contributed by atoms with van der Waals surface area (Å²) in [5.41, 5.74) is 0.370. The van der Waals surface area contributed by atoms with Crippen LogP contribution in [0.5, 0.6) is 0 Å². The van der Waals surface area contributed by atoms with E-state index >= 15 is 0 Å². The Morgan fingerprint density at radius 2 is 2.23 bits per heavy atom. The van der Waals surface area contributed by atoms with Crippen molar-refractivity contribution >= 4 is 5.96 Å². The fourth-order valence-corrected chi connectivity index (χ4v) is 2.58. The smallest absolute Gasteiger partial charge is 0.228 e. The molecule has 0 aliphatic carbocycles. The molecule has 0 radical (unpaired) electrons. The van der Waals surface area contributed by atoms with Crippen LogP contribution in [-0.4, -0.2) is 47.2 Å². The number of likely N-dealkylation sites (tertiary alicyclic amines) is 1. The van der Waals surface area contributed by atoms with E-state index in [1.165, 1.54) is 6.42 Å². The first-order chi connectivity index (χ1) is 10.4. The van der Waals surface area contributed by atoms with Crippen molar-refractivity contribution in [2.45, 2.75) is 53.4 Å². The average molecular weight is 307 g/mol. The molecule has 1 aromatic heterocycles. The van der Waals surface area contributed by atoms with E-state index in [1.807, 2.05) is 0 Å². The van der Waals surface area contributed by atoms with Crippen molar-refractivity contribution in [3.8, 4) is 0 Å². The quantitative estimate of drug-likeness (QED) is 0.668. The Hall–Kier alpha value is -1.59. The molecule has 0 amide bonds. The lowest BCUT2D eigenvalue weighted by atomic mass is 9.93. The van der Waals surface area contributed by atoms with Crippen LogP contribution in [0.4, 0.5) is 0 Å². The van der Waals surface area contributed by atoms with Gasteiger partial charge in [0, 0.05) is 32.0 Å². The van der Waals surface area contributed by atoms with Crippen molar-refractivity contribution in [3.63, 3.8) is 0 Å². The number of aromatic nitrogens is 2. The van der Waals surface area contributed by atoms with Gasteiger partial charge in [0.05, 0.1) is 6.54 Å². The molecule has 0 bridgehead atoms. The highest BCUT2D eigenvalue weighted by atomic mass is 16.5. The summed E-state index contributed by atoms with van der Waals surface area (Å²) in [6.07, 6.45) is 1.89. The van der Waals surface area contributed by atoms with E-state index in [-0.39, 0.29) is 0 Å². The third-order valence-corrected chi connectivity index (χ3v) is 3.90. The van der Waals surface area contributed by atoms with Gasteiger partial charge in [0.2, 0.25) is 5.89 Å². The second-order valence-corrected chi connectivity index (χ2v) is 7.02. The van der Waals surface area contributed by atoms with Crippen molar-refractivity contribution in [3.05, 3.63) is 11.7 Å². The van der Waals surface area contributed by atoms with Crippen LogP contribution in [0.1, 0.15) is 58.7 Å². The van der Waals surface area contributed by atoms with Gasteiger partial charge in [-0.3, -0.25) is 4.99 Å². The molecule has 1 saturated heterocycles. The predicted octanol–water partition coefficient (Wildman–Crippen LogP) is 2.43. The summed E-state index contributed by atoms with van der Waals surface area (Å²) in [4.78, 5) is 11.5. The number of nitrogens with zero attached hydrogens (tertiary/aromatic N) is 4. The van der Waals surface area contributed by atoms with E-state index in [9.17, 15) is 0 Å². The van der Waals surface area contributed by atoms with E-state index < -0.39 is 0 Å². The van der Waals surface area contributed by atoms with Gasteiger partial charge in [-0.2, -0.15) is 4.98 Å². The number of nitrogens with one attached hydrogen (secondary N) is 1. The molecule has 2 heterocycles. The summed E-state index contributed by atoms with van der Waals surface area (Å²) in [7, 11) is 0. The fraction of sp³-hybridized carbons (Fsp3) is 0.812. The van der Waals surface area contributed by atoms with Crippen molar-refractivity contribution in [2.75, 3.05) is 26.2 Å². The molecular weight excluding hydrogens is 278 g/mol. The second kappa shape index (κ2) is 7.11. The van der Waals surface area contributed by atoms with Gasteiger partial charge in [-0.05, 0) is 18.8 Å². The Labute approximate surface area is 133 Å². The third-order valence-electron chi connectivity index (χ3n) is 3.90. The molecule has 0 aromatic carbocycles. The van der Waals surface area contributed by atoms with Gasteiger partial charge in [0.1, 0.15) is 0 Å². The minimum atomic E-state index is 0.296. The van der Waals surface area contributed by atoms with Gasteiger partial charge in [0.25, 0.3) is 0 Å². The second-order valence-electron chi connectivity index (χ2n) is 7.02. The molecule has 22 heavy (non-hydrogen) atoms. The summed E-state index contributed by atoms with van der Waals surface area (Å²) < 4.78 is 5.26. The van der Waals surface area contributed by atoms with Crippen molar-refractivity contribution in [1.29, 1.82) is 0 Å². The standard InChI is InChI=1S/C16H29N5O/c1-6-17-15(21-10-8-16(4,5)11-21)18-9-7-13-19-14(12(2)3)20-22-13/h12H,6-11H2,1-5H3,(H,17,18). The summed E-state index contributed by atoms with van der Waals surface area (Å²) >= 11 is 0. The average Bonchev–Trinajstić information content (AvgIpc) is 3.04. The summed E-state index contributed by atoms with van der Waals surface area (Å²) in [5.74, 6) is 2.74. The maximum atomic E-state index is 5.26. The molecule has 0 unspecified atom stereocenters. The number of guanidine groups is 1. The monoisotopic (exact) mass is 307 g/mol. The summed E-state index contributed by atoms with van der Waals surface area (Å²) in [5, 5.41) is 7.37. The number of aliphatic imine (C=N–C) groups is 1. The first-order valence-electron chi connectivity index (χ1n) is 8.27. The Kier molecular flexibility index (Phi) is 5.42. The molecule has 1 aromatic rings. The number of hydrogen-bond donors (Lipinski definition) is 1. The van der Waals surface area contributed by atoms with E-state index in [0.29, 0.717) is 30.2 Å². The Morgan fingerprint density at radius 3 is 2.77 bits per heavy atom. The molecule has 0 spiro atoms. The molecule has 6 heteroatoms. The van der Waals surface area contributed by atoms with E-state index in [2.05, 4.69) is 55.0 Å². The first-order valence-corrected chi connectivity index (χ1v) is 8.27. The van der Waals surface area contributed by atoms with Crippen molar-refractivity contribution in [2.24, 2.45) is 10.4 Å². The molecule has 124 valence electrons. The van der Waals surface area contributed by atoms with Crippen LogP contribution in [0.3, 0.4) is 0 Å². The Morgan fingerprint density at radius 1 is 1.45 bits per heavy atom. The molecule has 0 atom stereocenters. The lowest BCUT2D eigenvalue weighted by Crippen LogP contribution is -2.40. The van der Waals surface area contributed by atoms with Gasteiger partial charge in [-0.15, -0.1) is 0 Å². The zero-order valence-electron chi connectivity index (χ0n) is 14.5. The highest BCUT2D eigenvalue weighted by Crippen LogP contribution is 2.28. The lowest BCUT2D eigenvalue weighted by Gasteiger charge is -2.23. The molecule has 2 rings (SSSR count). The minimum absolute atomic E-state index is 0.296. The van der Waals surface area contributed by atoms with Crippen LogP contribution in [-0.2, 0) is 6.42 Å². The normalized spacial score (nSPS) is 18.3. The van der Waals surface area contributed by atoms with E-state index in [4.69, 9.17) is 9.52 Å². The summed E-state index contributed by atoms with van der Waals surface area (Å²) in [6.45, 7) is 14.5. The maximum absolute atomic E-state index is 5.26. The first kappa shape index (κ1) is 16.8. The highest BCUT2D eigenvalue weighted by molar-refractivity contribution is 5.80. The van der Waals surface area contributed by atoms with E-state index in [0.717, 1.165) is 31.4 Å². The van der Waals surface area contributed by atoms with Crippen LogP contribution in [0.25, 0.3) is 0 Å². The predicted molar refractivity (Wildman–Crippen MR) is 88.0 cm³/mol. The van der Waals surface area contributed by atoms with Crippen LogP contribution >= 0.6 is 0 Å². The molecular formula is C16H29N5O. The lowest BCUT2D eigenvalue weighted by molar-refractivity contribution is 0.367. The minimum Gasteiger partial charge on any atom is -0.357 e. The van der Waals surface area contributed by atoms with Crippen LogP contribution in [0, 0.1) is 5.41 Å². The van der Waals surface area contributed by atoms with Gasteiger partial charge in [-0.1, -0.05) is 32.9 Å². The summed E-state index contributed by atoms with van der Waals surface area (Å²) in [6, 6.07) is 0.